The van der Waals surface area contributed by atoms with Gasteiger partial charge in [0.15, 0.2) is 0 Å². The Balaban J connectivity index is 3.28. The molecule has 4 heteroatoms. The van der Waals surface area contributed by atoms with Crippen LogP contribution in [0.3, 0.4) is 0 Å². The number of rotatable bonds is 5. The van der Waals surface area contributed by atoms with E-state index in [4.69, 9.17) is 9.47 Å². The van der Waals surface area contributed by atoms with Crippen molar-refractivity contribution in [3.05, 3.63) is 41.5 Å². The molecule has 0 saturated heterocycles. The van der Waals surface area contributed by atoms with E-state index in [-0.39, 0.29) is 24.3 Å². The maximum atomic E-state index is 11.9. The van der Waals surface area contributed by atoms with Crippen LogP contribution in [0, 0.1) is 0 Å². The number of hydrogen-bond donors (Lipinski definition) is 0. The van der Waals surface area contributed by atoms with E-state index in [9.17, 15) is 9.59 Å². The molecule has 0 bridgehead atoms. The molecule has 1 aromatic carbocycles. The SMILES string of the molecule is C=Cc1cccc(C(=O)OCC)c1C(=O)OCC. The first-order valence-electron chi connectivity index (χ1n) is 5.75. The van der Waals surface area contributed by atoms with Gasteiger partial charge in [-0.2, -0.15) is 0 Å². The molecule has 1 rings (SSSR count). The Bertz CT molecular complexity index is 463. The average Bonchev–Trinajstić information content (AvgIpc) is 2.38. The molecule has 0 aliphatic carbocycles. The number of benzene rings is 1. The normalized spacial score (nSPS) is 9.67. The average molecular weight is 248 g/mol. The summed E-state index contributed by atoms with van der Waals surface area (Å²) < 4.78 is 9.86. The van der Waals surface area contributed by atoms with Crippen molar-refractivity contribution in [1.82, 2.24) is 0 Å². The van der Waals surface area contributed by atoms with Gasteiger partial charge in [-0.3, -0.25) is 0 Å². The standard InChI is InChI=1S/C14H16O4/c1-4-10-8-7-9-11(13(15)17-5-2)12(10)14(16)18-6-3/h4,7-9H,1,5-6H2,2-3H3. The number of hydrogen-bond acceptors (Lipinski definition) is 4. The van der Waals surface area contributed by atoms with Gasteiger partial charge >= 0.3 is 11.9 Å². The second-order valence-corrected chi connectivity index (χ2v) is 3.41. The molecule has 0 aromatic heterocycles. The van der Waals surface area contributed by atoms with Gasteiger partial charge in [-0.05, 0) is 25.5 Å². The second-order valence-electron chi connectivity index (χ2n) is 3.41. The van der Waals surface area contributed by atoms with E-state index >= 15 is 0 Å². The first-order chi connectivity index (χ1) is 8.65. The van der Waals surface area contributed by atoms with E-state index in [1.54, 1.807) is 26.0 Å². The van der Waals surface area contributed by atoms with Crippen molar-refractivity contribution in [1.29, 1.82) is 0 Å². The molecule has 96 valence electrons. The molecular formula is C14H16O4. The third-order valence-corrected chi connectivity index (χ3v) is 2.29. The molecule has 4 nitrogen and oxygen atoms in total. The molecule has 18 heavy (non-hydrogen) atoms. The van der Waals surface area contributed by atoms with Gasteiger partial charge in [0, 0.05) is 0 Å². The molecule has 0 radical (unpaired) electrons. The molecule has 0 unspecified atom stereocenters. The Morgan fingerprint density at radius 1 is 1.17 bits per heavy atom. The predicted octanol–water partition coefficient (Wildman–Crippen LogP) is 2.68. The molecule has 0 aliphatic rings. The van der Waals surface area contributed by atoms with Gasteiger partial charge in [-0.15, -0.1) is 0 Å². The Morgan fingerprint density at radius 2 is 1.78 bits per heavy atom. The minimum absolute atomic E-state index is 0.202. The van der Waals surface area contributed by atoms with E-state index in [0.29, 0.717) is 5.56 Å². The van der Waals surface area contributed by atoms with Crippen LogP contribution < -0.4 is 0 Å². The number of ether oxygens (including phenoxy) is 2. The maximum Gasteiger partial charge on any atom is 0.339 e. The number of esters is 2. The van der Waals surface area contributed by atoms with Crippen LogP contribution in [0.5, 0.6) is 0 Å². The highest BCUT2D eigenvalue weighted by atomic mass is 16.5. The van der Waals surface area contributed by atoms with Crippen LogP contribution in [-0.4, -0.2) is 25.2 Å². The van der Waals surface area contributed by atoms with E-state index in [2.05, 4.69) is 6.58 Å². The summed E-state index contributed by atoms with van der Waals surface area (Å²) in [6.45, 7) is 7.53. The van der Waals surface area contributed by atoms with Crippen LogP contribution in [-0.2, 0) is 9.47 Å². The zero-order valence-corrected chi connectivity index (χ0v) is 10.6. The molecule has 0 aliphatic heterocycles. The van der Waals surface area contributed by atoms with Crippen molar-refractivity contribution in [2.75, 3.05) is 13.2 Å². The summed E-state index contributed by atoms with van der Waals surface area (Å²) in [5.41, 5.74) is 0.958. The van der Waals surface area contributed by atoms with Crippen LogP contribution >= 0.6 is 0 Å². The largest absolute Gasteiger partial charge is 0.462 e. The Morgan fingerprint density at radius 3 is 2.33 bits per heavy atom. The Hall–Kier alpha value is -2.10. The fraction of sp³-hybridized carbons (Fsp3) is 0.286. The van der Waals surface area contributed by atoms with Gasteiger partial charge < -0.3 is 9.47 Å². The zero-order valence-electron chi connectivity index (χ0n) is 10.6. The lowest BCUT2D eigenvalue weighted by atomic mass is 10.0. The van der Waals surface area contributed by atoms with E-state index < -0.39 is 11.9 Å². The second kappa shape index (κ2) is 6.59. The third-order valence-electron chi connectivity index (χ3n) is 2.29. The van der Waals surface area contributed by atoms with Crippen LogP contribution in [0.25, 0.3) is 6.08 Å². The first-order valence-corrected chi connectivity index (χ1v) is 5.75. The fourth-order valence-corrected chi connectivity index (χ4v) is 1.55. The van der Waals surface area contributed by atoms with Crippen molar-refractivity contribution in [3.8, 4) is 0 Å². The van der Waals surface area contributed by atoms with Gasteiger partial charge in [-0.25, -0.2) is 9.59 Å². The molecule has 0 amide bonds. The third kappa shape index (κ3) is 2.97. The van der Waals surface area contributed by atoms with Crippen molar-refractivity contribution < 1.29 is 19.1 Å². The number of carbonyl (C=O) groups excluding carboxylic acids is 2. The summed E-state index contributed by atoms with van der Waals surface area (Å²) in [4.78, 5) is 23.7. The summed E-state index contributed by atoms with van der Waals surface area (Å²) in [5, 5.41) is 0. The van der Waals surface area contributed by atoms with Crippen LogP contribution in [0.2, 0.25) is 0 Å². The summed E-state index contributed by atoms with van der Waals surface area (Å²) in [5.74, 6) is -1.08. The summed E-state index contributed by atoms with van der Waals surface area (Å²) >= 11 is 0. The van der Waals surface area contributed by atoms with Crippen LogP contribution in [0.1, 0.15) is 40.1 Å². The first kappa shape index (κ1) is 14.0. The quantitative estimate of drug-likeness (QED) is 0.752. The Kier molecular flexibility index (Phi) is 5.11. The smallest absolute Gasteiger partial charge is 0.339 e. The lowest BCUT2D eigenvalue weighted by Gasteiger charge is -2.10. The molecular weight excluding hydrogens is 232 g/mol. The van der Waals surface area contributed by atoms with Crippen LogP contribution in [0.4, 0.5) is 0 Å². The monoisotopic (exact) mass is 248 g/mol. The number of carbonyl (C=O) groups is 2. The molecule has 0 spiro atoms. The predicted molar refractivity (Wildman–Crippen MR) is 68.4 cm³/mol. The van der Waals surface area contributed by atoms with Gasteiger partial charge in [0.05, 0.1) is 24.3 Å². The molecule has 0 heterocycles. The summed E-state index contributed by atoms with van der Waals surface area (Å²) in [7, 11) is 0. The van der Waals surface area contributed by atoms with E-state index in [1.807, 2.05) is 0 Å². The van der Waals surface area contributed by atoms with Crippen molar-refractivity contribution >= 4 is 18.0 Å². The summed E-state index contributed by atoms with van der Waals surface area (Å²) in [6.07, 6.45) is 1.51. The minimum atomic E-state index is -0.545. The fourth-order valence-electron chi connectivity index (χ4n) is 1.55. The molecule has 1 aromatic rings. The highest BCUT2D eigenvalue weighted by Crippen LogP contribution is 2.18. The molecule has 0 saturated carbocycles. The Labute approximate surface area is 106 Å². The van der Waals surface area contributed by atoms with Gasteiger partial charge in [0.25, 0.3) is 0 Å². The van der Waals surface area contributed by atoms with Gasteiger partial charge in [0.1, 0.15) is 0 Å². The van der Waals surface area contributed by atoms with Crippen molar-refractivity contribution in [3.63, 3.8) is 0 Å². The lowest BCUT2D eigenvalue weighted by Crippen LogP contribution is -2.15. The maximum absolute atomic E-state index is 11.9. The topological polar surface area (TPSA) is 52.6 Å². The minimum Gasteiger partial charge on any atom is -0.462 e. The zero-order chi connectivity index (χ0) is 13.5. The highest BCUT2D eigenvalue weighted by molar-refractivity contribution is 6.05. The van der Waals surface area contributed by atoms with Gasteiger partial charge in [0.2, 0.25) is 0 Å². The highest BCUT2D eigenvalue weighted by Gasteiger charge is 2.21. The summed E-state index contributed by atoms with van der Waals surface area (Å²) in [6, 6.07) is 4.91. The van der Waals surface area contributed by atoms with Crippen molar-refractivity contribution in [2.24, 2.45) is 0 Å². The van der Waals surface area contributed by atoms with E-state index in [0.717, 1.165) is 0 Å². The van der Waals surface area contributed by atoms with Crippen LogP contribution in [0.15, 0.2) is 24.8 Å². The van der Waals surface area contributed by atoms with Crippen molar-refractivity contribution in [2.45, 2.75) is 13.8 Å². The molecule has 0 atom stereocenters. The molecule has 0 N–H and O–H groups in total. The van der Waals surface area contributed by atoms with E-state index in [1.165, 1.54) is 12.1 Å². The van der Waals surface area contributed by atoms with Gasteiger partial charge in [-0.1, -0.05) is 24.8 Å². The molecule has 0 fully saturated rings. The lowest BCUT2D eigenvalue weighted by molar-refractivity contribution is 0.0478.